The maximum Gasteiger partial charge on any atom is 0.424 e. The Kier molecular flexibility index (Phi) is 7.41. The molecule has 0 radical (unpaired) electrons. The molecule has 2 heterocycles. The predicted molar refractivity (Wildman–Crippen MR) is 112 cm³/mol. The summed E-state index contributed by atoms with van der Waals surface area (Å²) in [7, 11) is 0. The van der Waals surface area contributed by atoms with Crippen LogP contribution in [0.25, 0.3) is 0 Å². The van der Waals surface area contributed by atoms with E-state index in [1.165, 1.54) is 36.2 Å². The van der Waals surface area contributed by atoms with Gasteiger partial charge in [-0.1, -0.05) is 12.1 Å². The van der Waals surface area contributed by atoms with E-state index in [1.54, 1.807) is 4.90 Å². The fourth-order valence-electron chi connectivity index (χ4n) is 3.63. The summed E-state index contributed by atoms with van der Waals surface area (Å²) in [5.74, 6) is -1.06. The van der Waals surface area contributed by atoms with Gasteiger partial charge in [0.2, 0.25) is 17.7 Å². The number of primary amides is 1. The third-order valence-corrected chi connectivity index (χ3v) is 5.44. The van der Waals surface area contributed by atoms with Crippen LogP contribution in [0.3, 0.4) is 0 Å². The van der Waals surface area contributed by atoms with Crippen molar-refractivity contribution in [1.82, 2.24) is 20.2 Å². The molecule has 0 unspecified atom stereocenters. The number of nitrogens with one attached hydrogen (secondary N) is 1. The van der Waals surface area contributed by atoms with Crippen LogP contribution in [0.1, 0.15) is 40.5 Å². The summed E-state index contributed by atoms with van der Waals surface area (Å²) in [6.45, 7) is 3.80. The zero-order valence-electron chi connectivity index (χ0n) is 17.9. The number of ketones is 1. The SMILES string of the molecule is CC(=O)NC[C@H]1CN(N2CCN(C(=O)CCC(=O)c3ccc(C(N)=O)cc3)CC2)C(=O)O1. The first-order valence-electron chi connectivity index (χ1n) is 10.4. The Balaban J connectivity index is 1.42. The number of piperazine rings is 1. The van der Waals surface area contributed by atoms with Crippen LogP contribution in [0.2, 0.25) is 0 Å². The van der Waals surface area contributed by atoms with Crippen LogP contribution in [0.5, 0.6) is 0 Å². The van der Waals surface area contributed by atoms with Crippen molar-refractivity contribution in [2.75, 3.05) is 39.3 Å². The van der Waals surface area contributed by atoms with Gasteiger partial charge in [0.25, 0.3) is 0 Å². The number of hydrazine groups is 1. The number of carbonyl (C=O) groups excluding carboxylic acids is 5. The van der Waals surface area contributed by atoms with Gasteiger partial charge in [0, 0.05) is 57.1 Å². The molecule has 1 aromatic carbocycles. The minimum atomic E-state index is -0.566. The van der Waals surface area contributed by atoms with E-state index in [0.717, 1.165) is 0 Å². The molecule has 1 aromatic rings. The molecule has 2 aliphatic rings. The Morgan fingerprint density at radius 3 is 2.25 bits per heavy atom. The first kappa shape index (κ1) is 23.2. The summed E-state index contributed by atoms with van der Waals surface area (Å²) in [5.41, 5.74) is 5.93. The van der Waals surface area contributed by atoms with Crippen LogP contribution in [-0.4, -0.2) is 89.9 Å². The molecule has 0 saturated carbocycles. The lowest BCUT2D eigenvalue weighted by atomic mass is 10.0. The third-order valence-electron chi connectivity index (χ3n) is 5.44. The number of hydrogen-bond donors (Lipinski definition) is 2. The van der Waals surface area contributed by atoms with Gasteiger partial charge in [-0.3, -0.25) is 19.2 Å². The highest BCUT2D eigenvalue weighted by Crippen LogP contribution is 2.17. The van der Waals surface area contributed by atoms with E-state index >= 15 is 0 Å². The number of cyclic esters (lactones) is 1. The lowest BCUT2D eigenvalue weighted by Crippen LogP contribution is -2.55. The molecular formula is C21H27N5O6. The van der Waals surface area contributed by atoms with Crippen molar-refractivity contribution >= 4 is 29.6 Å². The van der Waals surface area contributed by atoms with E-state index in [2.05, 4.69) is 5.32 Å². The second-order valence-corrected chi connectivity index (χ2v) is 7.72. The molecule has 3 N–H and O–H groups in total. The molecule has 172 valence electrons. The lowest BCUT2D eigenvalue weighted by molar-refractivity contribution is -0.135. The van der Waals surface area contributed by atoms with Crippen molar-refractivity contribution in [2.24, 2.45) is 5.73 Å². The maximum atomic E-state index is 12.5. The van der Waals surface area contributed by atoms with E-state index < -0.39 is 18.1 Å². The second kappa shape index (κ2) is 10.2. The minimum Gasteiger partial charge on any atom is -0.441 e. The Bertz CT molecular complexity index is 894. The number of hydrogen-bond acceptors (Lipinski definition) is 7. The van der Waals surface area contributed by atoms with Gasteiger partial charge in [-0.15, -0.1) is 0 Å². The van der Waals surface area contributed by atoms with Crippen LogP contribution < -0.4 is 11.1 Å². The van der Waals surface area contributed by atoms with Crippen molar-refractivity contribution in [1.29, 1.82) is 0 Å². The Morgan fingerprint density at radius 2 is 1.66 bits per heavy atom. The zero-order valence-corrected chi connectivity index (χ0v) is 17.9. The summed E-state index contributed by atoms with van der Waals surface area (Å²) in [6, 6.07) is 6.03. The minimum absolute atomic E-state index is 0.0677. The highest BCUT2D eigenvalue weighted by molar-refractivity contribution is 5.99. The number of rotatable bonds is 8. The van der Waals surface area contributed by atoms with E-state index in [9.17, 15) is 24.0 Å². The van der Waals surface area contributed by atoms with Gasteiger partial charge < -0.3 is 20.7 Å². The molecule has 2 aliphatic heterocycles. The second-order valence-electron chi connectivity index (χ2n) is 7.72. The fraction of sp³-hybridized carbons (Fsp3) is 0.476. The highest BCUT2D eigenvalue weighted by Gasteiger charge is 2.37. The highest BCUT2D eigenvalue weighted by atomic mass is 16.6. The third kappa shape index (κ3) is 5.82. The molecular weight excluding hydrogens is 418 g/mol. The molecule has 32 heavy (non-hydrogen) atoms. The van der Waals surface area contributed by atoms with Crippen molar-refractivity contribution in [3.8, 4) is 0 Å². The van der Waals surface area contributed by atoms with Gasteiger partial charge in [0.1, 0.15) is 6.10 Å². The predicted octanol–water partition coefficient (Wildman–Crippen LogP) is -0.235. The summed E-state index contributed by atoms with van der Waals surface area (Å²) < 4.78 is 5.27. The van der Waals surface area contributed by atoms with Crippen LogP contribution in [0, 0.1) is 0 Å². The average Bonchev–Trinajstić information content (AvgIpc) is 3.16. The molecule has 11 nitrogen and oxygen atoms in total. The molecule has 0 aromatic heterocycles. The van der Waals surface area contributed by atoms with Gasteiger partial charge in [0.05, 0.1) is 13.1 Å². The molecule has 4 amide bonds. The maximum absolute atomic E-state index is 12.5. The molecule has 2 saturated heterocycles. The van der Waals surface area contributed by atoms with Crippen molar-refractivity contribution in [3.63, 3.8) is 0 Å². The number of benzene rings is 1. The van der Waals surface area contributed by atoms with Gasteiger partial charge in [0.15, 0.2) is 5.78 Å². The molecule has 2 fully saturated rings. The van der Waals surface area contributed by atoms with E-state index in [0.29, 0.717) is 43.9 Å². The normalized spacial score (nSPS) is 18.9. The van der Waals surface area contributed by atoms with Crippen molar-refractivity contribution in [3.05, 3.63) is 35.4 Å². The molecule has 3 rings (SSSR count). The Morgan fingerprint density at radius 1 is 1.03 bits per heavy atom. The van der Waals surface area contributed by atoms with Gasteiger partial charge in [-0.25, -0.2) is 14.8 Å². The monoisotopic (exact) mass is 445 g/mol. The smallest absolute Gasteiger partial charge is 0.424 e. The zero-order chi connectivity index (χ0) is 23.3. The van der Waals surface area contributed by atoms with E-state index in [1.807, 2.05) is 5.01 Å². The lowest BCUT2D eigenvalue weighted by Gasteiger charge is -2.38. The Hall–Kier alpha value is -3.47. The number of ether oxygens (including phenoxy) is 1. The van der Waals surface area contributed by atoms with Crippen LogP contribution in [-0.2, 0) is 14.3 Å². The average molecular weight is 445 g/mol. The van der Waals surface area contributed by atoms with Crippen LogP contribution in [0.4, 0.5) is 4.79 Å². The summed E-state index contributed by atoms with van der Waals surface area (Å²) in [5, 5.41) is 5.98. The number of amides is 4. The Labute approximate surface area is 185 Å². The fourth-order valence-corrected chi connectivity index (χ4v) is 3.63. The topological polar surface area (TPSA) is 142 Å². The van der Waals surface area contributed by atoms with Gasteiger partial charge in [-0.2, -0.15) is 0 Å². The molecule has 0 aliphatic carbocycles. The summed E-state index contributed by atoms with van der Waals surface area (Å²) >= 11 is 0. The molecule has 1 atom stereocenters. The van der Waals surface area contributed by atoms with Crippen LogP contribution >= 0.6 is 0 Å². The summed E-state index contributed by atoms with van der Waals surface area (Å²) in [4.78, 5) is 60.8. The summed E-state index contributed by atoms with van der Waals surface area (Å²) in [6.07, 6.45) is -0.721. The van der Waals surface area contributed by atoms with Gasteiger partial charge in [-0.05, 0) is 12.1 Å². The largest absolute Gasteiger partial charge is 0.441 e. The van der Waals surface area contributed by atoms with Crippen LogP contribution in [0.15, 0.2) is 24.3 Å². The van der Waals surface area contributed by atoms with Crippen molar-refractivity contribution < 1.29 is 28.7 Å². The quantitative estimate of drug-likeness (QED) is 0.526. The first-order valence-corrected chi connectivity index (χ1v) is 10.4. The molecule has 0 spiro atoms. The van der Waals surface area contributed by atoms with E-state index in [-0.39, 0.29) is 37.0 Å². The van der Waals surface area contributed by atoms with Crippen molar-refractivity contribution in [2.45, 2.75) is 25.9 Å². The molecule has 11 heteroatoms. The number of carbonyl (C=O) groups is 5. The number of nitrogens with two attached hydrogens (primary N) is 1. The first-order chi connectivity index (χ1) is 15.2. The van der Waals surface area contributed by atoms with Gasteiger partial charge >= 0.3 is 6.09 Å². The molecule has 0 bridgehead atoms. The number of nitrogens with zero attached hydrogens (tertiary/aromatic N) is 3. The van der Waals surface area contributed by atoms with E-state index in [4.69, 9.17) is 10.5 Å². The standard InChI is InChI=1S/C21H27N5O6/c1-14(27)23-12-17-13-26(21(31)32-17)25-10-8-24(9-11-25)19(29)7-6-18(28)15-2-4-16(5-3-15)20(22)30/h2-5,17H,6-13H2,1H3,(H2,22,30)(H,23,27)/t17-/m0/s1. The number of Topliss-reactive ketones (excluding diaryl/α,β-unsaturated/α-hetero) is 1.